The third kappa shape index (κ3) is 2.64. The Morgan fingerprint density at radius 2 is 1.68 bits per heavy atom. The van der Waals surface area contributed by atoms with Crippen molar-refractivity contribution in [2.75, 3.05) is 0 Å². The average Bonchev–Trinajstić information content (AvgIpc) is 3.13. The predicted molar refractivity (Wildman–Crippen MR) is 144 cm³/mol. The van der Waals surface area contributed by atoms with E-state index in [1.165, 1.54) is 33.3 Å². The normalized spacial score (nSPS) is 22.9. The van der Waals surface area contributed by atoms with Crippen molar-refractivity contribution in [3.05, 3.63) is 66.0 Å². The molecule has 178 valence electrons. The van der Waals surface area contributed by atoms with Gasteiger partial charge in [-0.3, -0.25) is 4.98 Å². The first-order valence-corrected chi connectivity index (χ1v) is 12.8. The number of aromatic nitrogens is 3. The maximum absolute atomic E-state index is 5.32. The minimum Gasteiger partial charge on any atom is -0.252 e. The van der Waals surface area contributed by atoms with Gasteiger partial charge in [-0.05, 0) is 42.7 Å². The molecule has 2 atom stereocenters. The predicted octanol–water partition coefficient (Wildman–Crippen LogP) is 7.50. The number of rotatable bonds is 3. The summed E-state index contributed by atoms with van der Waals surface area (Å²) in [6.07, 6.45) is 4.23. The number of nitrogens with zero attached hydrogens (tertiary/aromatic N) is 3. The molecule has 0 spiro atoms. The summed E-state index contributed by atoms with van der Waals surface area (Å²) in [6.45, 7) is 25.3. The zero-order chi connectivity index (χ0) is 24.8. The zero-order valence-corrected chi connectivity index (χ0v) is 22.5. The molecule has 4 heterocycles. The lowest BCUT2D eigenvalue weighted by Crippen LogP contribution is -2.67. The van der Waals surface area contributed by atoms with Crippen LogP contribution in [0.15, 0.2) is 49.1 Å². The molecule has 4 aromatic rings. The number of pyridine rings is 2. The number of benzene rings is 1. The summed E-state index contributed by atoms with van der Waals surface area (Å²) in [5.41, 5.74) is 8.35. The first-order chi connectivity index (χ1) is 15.9. The van der Waals surface area contributed by atoms with Crippen molar-refractivity contribution in [1.82, 2.24) is 9.38 Å². The first-order valence-electron chi connectivity index (χ1n) is 12.8. The van der Waals surface area contributed by atoms with E-state index in [0.29, 0.717) is 0 Å². The molecule has 3 heteroatoms. The minimum absolute atomic E-state index is 0.0312. The van der Waals surface area contributed by atoms with Crippen LogP contribution >= 0.6 is 0 Å². The van der Waals surface area contributed by atoms with Crippen molar-refractivity contribution in [3.8, 4) is 0 Å². The van der Waals surface area contributed by atoms with Crippen LogP contribution in [0.25, 0.3) is 27.6 Å². The molecular weight excluding hydrogens is 414 g/mol. The molecule has 0 saturated carbocycles. The molecule has 3 aromatic heterocycles. The van der Waals surface area contributed by atoms with Crippen LogP contribution in [0.2, 0.25) is 0 Å². The van der Waals surface area contributed by atoms with Crippen LogP contribution in [0.3, 0.4) is 0 Å². The number of allylic oxidation sites excluding steroid dienone is 1. The molecule has 0 saturated heterocycles. The highest BCUT2D eigenvalue weighted by atomic mass is 15.2. The van der Waals surface area contributed by atoms with Gasteiger partial charge in [-0.25, -0.2) is 4.57 Å². The lowest BCUT2D eigenvalue weighted by Gasteiger charge is -2.47. The van der Waals surface area contributed by atoms with Gasteiger partial charge in [-0.2, -0.15) is 4.40 Å². The average molecular weight is 455 g/mol. The van der Waals surface area contributed by atoms with E-state index in [2.05, 4.69) is 120 Å². The Morgan fingerprint density at radius 3 is 2.24 bits per heavy atom. The zero-order valence-electron chi connectivity index (χ0n) is 22.5. The van der Waals surface area contributed by atoms with Crippen molar-refractivity contribution in [1.29, 1.82) is 0 Å². The van der Waals surface area contributed by atoms with E-state index in [0.717, 1.165) is 24.1 Å². The second-order valence-corrected chi connectivity index (χ2v) is 12.5. The fraction of sp³-hybridized carbons (Fsp3) is 0.484. The largest absolute Gasteiger partial charge is 0.298 e. The molecule has 5 rings (SSSR count). The monoisotopic (exact) mass is 454 g/mol. The SMILES string of the molecule is C=CC1(CC)[n+]2c3ccccc3n3c(C(C)(C)C)cc4nc(C(C)(C)C)cc(c4c32)C1(C)CC. The lowest BCUT2D eigenvalue weighted by molar-refractivity contribution is -0.719. The van der Waals surface area contributed by atoms with Crippen LogP contribution in [0.1, 0.15) is 92.1 Å². The first kappa shape index (κ1) is 23.1. The second-order valence-electron chi connectivity index (χ2n) is 12.5. The molecule has 3 nitrogen and oxygen atoms in total. The molecule has 0 aliphatic carbocycles. The van der Waals surface area contributed by atoms with Crippen molar-refractivity contribution < 1.29 is 4.57 Å². The minimum atomic E-state index is -0.247. The fourth-order valence-corrected chi connectivity index (χ4v) is 6.50. The Morgan fingerprint density at radius 1 is 1.00 bits per heavy atom. The molecular formula is C31H40N3+. The Hall–Kier alpha value is -2.68. The van der Waals surface area contributed by atoms with Crippen molar-refractivity contribution in [3.63, 3.8) is 0 Å². The summed E-state index contributed by atoms with van der Waals surface area (Å²) in [5.74, 6) is 0. The molecule has 0 N–H and O–H groups in total. The van der Waals surface area contributed by atoms with E-state index >= 15 is 0 Å². The molecule has 1 aliphatic heterocycles. The van der Waals surface area contributed by atoms with Crippen molar-refractivity contribution in [2.45, 2.75) is 96.9 Å². The number of imidazole rings is 1. The highest BCUT2D eigenvalue weighted by Gasteiger charge is 2.56. The number of hydrogen-bond donors (Lipinski definition) is 0. The summed E-state index contributed by atoms with van der Waals surface area (Å²) >= 11 is 0. The van der Waals surface area contributed by atoms with Gasteiger partial charge in [0.1, 0.15) is 11.2 Å². The molecule has 0 amide bonds. The third-order valence-electron chi connectivity index (χ3n) is 8.64. The topological polar surface area (TPSA) is 21.2 Å². The standard InChI is InChI=1S/C31H40N3/c1-11-30(10)20-18-24(28(4,5)6)32-21-19-25(29(7,8)9)33-22-16-14-15-17-23(22)34(27(33)26(20)21)31(30,12-2)13-3/h12,14-19H,2,11,13H2,1,3-10H3/q+1. The van der Waals surface area contributed by atoms with Gasteiger partial charge in [-0.15, -0.1) is 0 Å². The Labute approximate surface area is 204 Å². The van der Waals surface area contributed by atoms with E-state index in [4.69, 9.17) is 4.98 Å². The van der Waals surface area contributed by atoms with Gasteiger partial charge in [0.25, 0.3) is 5.65 Å². The van der Waals surface area contributed by atoms with Crippen LogP contribution < -0.4 is 4.57 Å². The van der Waals surface area contributed by atoms with E-state index in [1.54, 1.807) is 0 Å². The summed E-state index contributed by atoms with van der Waals surface area (Å²) in [7, 11) is 0. The molecule has 34 heavy (non-hydrogen) atoms. The molecule has 0 fully saturated rings. The van der Waals surface area contributed by atoms with Gasteiger partial charge >= 0.3 is 0 Å². The summed E-state index contributed by atoms with van der Waals surface area (Å²) in [6, 6.07) is 13.7. The molecule has 0 radical (unpaired) electrons. The fourth-order valence-electron chi connectivity index (χ4n) is 6.50. The number of fused-ring (bicyclic) bond motifs is 3. The van der Waals surface area contributed by atoms with Gasteiger partial charge < -0.3 is 0 Å². The quantitative estimate of drug-likeness (QED) is 0.232. The summed E-state index contributed by atoms with van der Waals surface area (Å²) < 4.78 is 5.13. The van der Waals surface area contributed by atoms with Crippen LogP contribution in [-0.2, 0) is 21.8 Å². The molecule has 2 unspecified atom stereocenters. The maximum Gasteiger partial charge on any atom is 0.298 e. The highest BCUT2D eigenvalue weighted by Crippen LogP contribution is 2.51. The van der Waals surface area contributed by atoms with E-state index in [9.17, 15) is 0 Å². The van der Waals surface area contributed by atoms with Crippen LogP contribution in [0.4, 0.5) is 0 Å². The van der Waals surface area contributed by atoms with E-state index in [-0.39, 0.29) is 21.8 Å². The van der Waals surface area contributed by atoms with Gasteiger partial charge in [0.05, 0.1) is 10.9 Å². The van der Waals surface area contributed by atoms with Crippen LogP contribution in [-0.4, -0.2) is 9.38 Å². The highest BCUT2D eigenvalue weighted by molar-refractivity contribution is 5.98. The van der Waals surface area contributed by atoms with Gasteiger partial charge in [0.15, 0.2) is 11.0 Å². The maximum atomic E-state index is 5.32. The van der Waals surface area contributed by atoms with E-state index in [1.807, 2.05) is 0 Å². The molecule has 1 aromatic carbocycles. The summed E-state index contributed by atoms with van der Waals surface area (Å²) in [5, 5.41) is 1.30. The smallest absolute Gasteiger partial charge is 0.252 e. The third-order valence-corrected chi connectivity index (χ3v) is 8.64. The number of hydrogen-bond acceptors (Lipinski definition) is 1. The molecule has 0 bridgehead atoms. The van der Waals surface area contributed by atoms with Crippen molar-refractivity contribution >= 4 is 27.6 Å². The Kier molecular flexibility index (Phi) is 4.71. The van der Waals surface area contributed by atoms with Gasteiger partial charge in [0.2, 0.25) is 0 Å². The van der Waals surface area contributed by atoms with E-state index < -0.39 is 0 Å². The lowest BCUT2D eigenvalue weighted by atomic mass is 9.61. The molecule has 1 aliphatic rings. The Bertz CT molecular complexity index is 1470. The van der Waals surface area contributed by atoms with Gasteiger partial charge in [0, 0.05) is 28.0 Å². The van der Waals surface area contributed by atoms with Crippen molar-refractivity contribution in [2.24, 2.45) is 0 Å². The second kappa shape index (κ2) is 6.93. The van der Waals surface area contributed by atoms with Crippen LogP contribution in [0, 0.1) is 0 Å². The van der Waals surface area contributed by atoms with Crippen LogP contribution in [0.5, 0.6) is 0 Å². The number of para-hydroxylation sites is 2. The summed E-state index contributed by atoms with van der Waals surface area (Å²) in [4.78, 5) is 5.32. The van der Waals surface area contributed by atoms with Gasteiger partial charge in [-0.1, -0.05) is 81.0 Å². The Balaban J connectivity index is 2.21.